The fraction of sp³-hybridized carbons (Fsp3) is 0.375. The second-order valence-corrected chi connectivity index (χ2v) is 12.3. The number of carbonyl (C=O) groups is 1. The van der Waals surface area contributed by atoms with Crippen LogP contribution < -0.4 is 0 Å². The van der Waals surface area contributed by atoms with Crippen LogP contribution in [0.2, 0.25) is 15.1 Å². The van der Waals surface area contributed by atoms with Crippen molar-refractivity contribution in [1.82, 2.24) is 0 Å². The highest BCUT2D eigenvalue weighted by atomic mass is 35.5. The number of hydrogen-bond acceptors (Lipinski definition) is 3. The summed E-state index contributed by atoms with van der Waals surface area (Å²) in [7, 11) is -4.75. The van der Waals surface area contributed by atoms with E-state index < -0.39 is 102 Å². The Morgan fingerprint density at radius 3 is 1.93 bits per heavy atom. The fourth-order valence-electron chi connectivity index (χ4n) is 3.77. The van der Waals surface area contributed by atoms with Crippen molar-refractivity contribution in [3.05, 3.63) is 73.7 Å². The SMILES string of the molecule is C[C@@H](CC(=O)c1ccc(/C(F)=C/[C@@H](c2cc(Cl)c(Cl)c(Cl)c2)C(F)(F)F)cc1C(F)(F)F)CS(=O)(=O)CC(F)(F)F. The molecule has 2 aromatic rings. The summed E-state index contributed by atoms with van der Waals surface area (Å²) < 4.78 is 158. The normalized spacial score (nSPS) is 15.1. The van der Waals surface area contributed by atoms with Gasteiger partial charge in [0.05, 0.1) is 26.4 Å². The van der Waals surface area contributed by atoms with Crippen molar-refractivity contribution in [1.29, 1.82) is 0 Å². The van der Waals surface area contributed by atoms with E-state index in [1.54, 1.807) is 0 Å². The van der Waals surface area contributed by atoms with Gasteiger partial charge in [0.15, 0.2) is 15.6 Å². The molecule has 3 nitrogen and oxygen atoms in total. The molecule has 0 heterocycles. The third-order valence-corrected chi connectivity index (χ3v) is 8.43. The summed E-state index contributed by atoms with van der Waals surface area (Å²) in [6.45, 7) is 1.03. The van der Waals surface area contributed by atoms with Crippen molar-refractivity contribution >= 4 is 56.3 Å². The van der Waals surface area contributed by atoms with Gasteiger partial charge < -0.3 is 0 Å². The van der Waals surface area contributed by atoms with Gasteiger partial charge in [-0.15, -0.1) is 0 Å². The standard InChI is InChI=1S/C24H17Cl3F10O3S/c1-11(9-41(39,40)10-22(29,30)31)4-20(38)14-3-2-12(5-16(14)24(35,36)37)19(28)8-15(23(32,33)34)13-6-17(25)21(27)18(26)7-13/h2-3,5-8,11,15H,4,9-10H2,1H3/b19-8-/t11-,15-/m0/s1. The maximum Gasteiger partial charge on any atom is 0.417 e. The van der Waals surface area contributed by atoms with Crippen LogP contribution in [-0.4, -0.2) is 38.1 Å². The average molecular weight is 682 g/mol. The molecular formula is C24H17Cl3F10O3S. The third-order valence-electron chi connectivity index (χ3n) is 5.39. The highest BCUT2D eigenvalue weighted by Crippen LogP contribution is 2.43. The van der Waals surface area contributed by atoms with Gasteiger partial charge in [-0.05, 0) is 35.8 Å². The topological polar surface area (TPSA) is 51.2 Å². The van der Waals surface area contributed by atoms with Crippen LogP contribution in [0, 0.1) is 5.92 Å². The van der Waals surface area contributed by atoms with Crippen molar-refractivity contribution < 1.29 is 57.1 Å². The fourth-order valence-corrected chi connectivity index (χ4v) is 5.99. The molecule has 0 fully saturated rings. The predicted molar refractivity (Wildman–Crippen MR) is 134 cm³/mol. The van der Waals surface area contributed by atoms with Gasteiger partial charge in [-0.25, -0.2) is 12.8 Å². The van der Waals surface area contributed by atoms with Crippen molar-refractivity contribution in [3.63, 3.8) is 0 Å². The molecule has 228 valence electrons. The van der Waals surface area contributed by atoms with E-state index in [0.717, 1.165) is 19.1 Å². The minimum absolute atomic E-state index is 0.0273. The van der Waals surface area contributed by atoms with Crippen molar-refractivity contribution in [3.8, 4) is 0 Å². The minimum atomic E-state index is -5.33. The Balaban J connectivity index is 2.46. The van der Waals surface area contributed by atoms with Crippen LogP contribution in [0.1, 0.15) is 46.3 Å². The third kappa shape index (κ3) is 10.0. The van der Waals surface area contributed by atoms with Crippen LogP contribution >= 0.6 is 34.8 Å². The lowest BCUT2D eigenvalue weighted by Crippen LogP contribution is -2.28. The van der Waals surface area contributed by atoms with Crippen molar-refractivity contribution in [2.24, 2.45) is 5.92 Å². The highest BCUT2D eigenvalue weighted by Gasteiger charge is 2.41. The first kappa shape index (κ1) is 35.2. The second-order valence-electron chi connectivity index (χ2n) is 8.99. The first-order valence-corrected chi connectivity index (χ1v) is 14.0. The number of allylic oxidation sites excluding steroid dienone is 1. The molecule has 0 amide bonds. The molecule has 17 heteroatoms. The molecule has 41 heavy (non-hydrogen) atoms. The lowest BCUT2D eigenvalue weighted by atomic mass is 9.93. The zero-order valence-corrected chi connectivity index (χ0v) is 23.4. The number of ketones is 1. The van der Waals surface area contributed by atoms with Gasteiger partial charge in [0.2, 0.25) is 0 Å². The monoisotopic (exact) mass is 680 g/mol. The van der Waals surface area contributed by atoms with Gasteiger partial charge in [-0.3, -0.25) is 4.79 Å². The van der Waals surface area contributed by atoms with E-state index in [-0.39, 0.29) is 17.2 Å². The number of benzene rings is 2. The molecule has 2 rings (SSSR count). The lowest BCUT2D eigenvalue weighted by molar-refractivity contribution is -0.140. The summed E-state index contributed by atoms with van der Waals surface area (Å²) in [5.41, 5.74) is -4.51. The van der Waals surface area contributed by atoms with Crippen LogP contribution in [0.4, 0.5) is 43.9 Å². The van der Waals surface area contributed by atoms with Gasteiger partial charge in [-0.2, -0.15) is 39.5 Å². The summed E-state index contributed by atoms with van der Waals surface area (Å²) in [5, 5.41) is -1.09. The molecule has 0 aliphatic rings. The molecule has 0 bridgehead atoms. The first-order chi connectivity index (χ1) is 18.4. The summed E-state index contributed by atoms with van der Waals surface area (Å²) in [5.74, 6) is -10.5. The summed E-state index contributed by atoms with van der Waals surface area (Å²) in [6, 6.07) is 2.64. The Hall–Kier alpha value is -2.03. The molecule has 2 atom stereocenters. The van der Waals surface area contributed by atoms with E-state index in [0.29, 0.717) is 12.1 Å². The van der Waals surface area contributed by atoms with Crippen LogP contribution in [0.3, 0.4) is 0 Å². The van der Waals surface area contributed by atoms with Crippen molar-refractivity contribution in [2.75, 3.05) is 11.5 Å². The smallest absolute Gasteiger partial charge is 0.294 e. The molecule has 0 saturated heterocycles. The largest absolute Gasteiger partial charge is 0.417 e. The quantitative estimate of drug-likeness (QED) is 0.151. The number of alkyl halides is 9. The molecule has 0 aromatic heterocycles. The average Bonchev–Trinajstić information content (AvgIpc) is 2.76. The molecule has 0 unspecified atom stereocenters. The Bertz CT molecular complexity index is 1410. The minimum Gasteiger partial charge on any atom is -0.294 e. The molecule has 2 aromatic carbocycles. The number of Topliss-reactive ketones (excluding diaryl/α,β-unsaturated/α-hetero) is 1. The van der Waals surface area contributed by atoms with Crippen molar-refractivity contribution in [2.45, 2.75) is 37.8 Å². The summed E-state index contributed by atoms with van der Waals surface area (Å²) >= 11 is 17.2. The van der Waals surface area contributed by atoms with Gasteiger partial charge in [0, 0.05) is 17.5 Å². The van der Waals surface area contributed by atoms with Gasteiger partial charge in [0.25, 0.3) is 0 Å². The number of carbonyl (C=O) groups excluding carboxylic acids is 1. The Labute approximate surface area is 242 Å². The van der Waals surface area contributed by atoms with E-state index in [2.05, 4.69) is 0 Å². The summed E-state index contributed by atoms with van der Waals surface area (Å²) in [4.78, 5) is 12.6. The maximum atomic E-state index is 15.0. The maximum absolute atomic E-state index is 15.0. The second kappa shape index (κ2) is 12.7. The first-order valence-electron chi connectivity index (χ1n) is 11.0. The van der Waals surface area contributed by atoms with Crippen LogP contribution in [0.25, 0.3) is 5.83 Å². The van der Waals surface area contributed by atoms with Crippen LogP contribution in [0.15, 0.2) is 36.4 Å². The Kier molecular flexibility index (Phi) is 10.9. The molecule has 0 saturated carbocycles. The zero-order valence-electron chi connectivity index (χ0n) is 20.3. The molecule has 0 aliphatic heterocycles. The molecular weight excluding hydrogens is 665 g/mol. The predicted octanol–water partition coefficient (Wildman–Crippen LogP) is 9.51. The number of hydrogen-bond donors (Lipinski definition) is 0. The van der Waals surface area contributed by atoms with E-state index >= 15 is 0 Å². The number of rotatable bonds is 9. The van der Waals surface area contributed by atoms with Gasteiger partial charge in [0.1, 0.15) is 17.5 Å². The molecule has 0 spiro atoms. The Morgan fingerprint density at radius 1 is 0.927 bits per heavy atom. The molecule has 0 aliphatic carbocycles. The number of sulfone groups is 1. The highest BCUT2D eigenvalue weighted by molar-refractivity contribution is 7.91. The van der Waals surface area contributed by atoms with E-state index in [9.17, 15) is 57.1 Å². The van der Waals surface area contributed by atoms with E-state index in [4.69, 9.17) is 34.8 Å². The van der Waals surface area contributed by atoms with E-state index in [1.807, 2.05) is 0 Å². The van der Waals surface area contributed by atoms with Gasteiger partial charge >= 0.3 is 18.5 Å². The van der Waals surface area contributed by atoms with Crippen LogP contribution in [0.5, 0.6) is 0 Å². The Morgan fingerprint density at radius 2 is 1.46 bits per heavy atom. The lowest BCUT2D eigenvalue weighted by Gasteiger charge is -2.19. The van der Waals surface area contributed by atoms with Crippen LogP contribution in [-0.2, 0) is 16.0 Å². The number of halogens is 13. The summed E-state index contributed by atoms with van der Waals surface area (Å²) in [6.07, 6.45) is -16.5. The molecule has 0 N–H and O–H groups in total. The molecule has 0 radical (unpaired) electrons. The van der Waals surface area contributed by atoms with Gasteiger partial charge in [-0.1, -0.05) is 53.9 Å². The zero-order chi connectivity index (χ0) is 31.7. The van der Waals surface area contributed by atoms with E-state index in [1.165, 1.54) is 0 Å².